The Labute approximate surface area is 195 Å². The summed E-state index contributed by atoms with van der Waals surface area (Å²) in [7, 11) is 3.99. The number of rotatable bonds is 6. The minimum Gasteiger partial charge on any atom is -0.475 e. The molecule has 0 bridgehead atoms. The van der Waals surface area contributed by atoms with Crippen LogP contribution in [0.5, 0.6) is 11.5 Å². The highest BCUT2D eigenvalue weighted by atomic mass is 16.5. The molecule has 1 unspecified atom stereocenters. The highest BCUT2D eigenvalue weighted by Crippen LogP contribution is 2.35. The number of anilines is 1. The molecule has 1 aliphatic rings. The van der Waals surface area contributed by atoms with E-state index in [2.05, 4.69) is 41.7 Å². The fourth-order valence-electron chi connectivity index (χ4n) is 3.91. The number of benzene rings is 3. The Morgan fingerprint density at radius 2 is 1.48 bits per heavy atom. The molecule has 3 aromatic carbocycles. The molecular weight excluding hydrogens is 412 g/mol. The van der Waals surface area contributed by atoms with Crippen molar-refractivity contribution in [3.05, 3.63) is 95.2 Å². The average Bonchev–Trinajstić information content (AvgIpc) is 2.81. The molecule has 0 radical (unpaired) electrons. The zero-order chi connectivity index (χ0) is 23.4. The van der Waals surface area contributed by atoms with Gasteiger partial charge in [0.25, 0.3) is 0 Å². The van der Waals surface area contributed by atoms with Crippen molar-refractivity contribution in [2.24, 2.45) is 0 Å². The summed E-state index contributed by atoms with van der Waals surface area (Å²) < 4.78 is 11.2. The first-order chi connectivity index (χ1) is 15.9. The molecule has 0 fully saturated rings. The zero-order valence-electron chi connectivity index (χ0n) is 19.6. The molecule has 0 aliphatic carbocycles. The summed E-state index contributed by atoms with van der Waals surface area (Å²) in [6, 6.07) is 24.3. The molecule has 5 heteroatoms. The van der Waals surface area contributed by atoms with Crippen LogP contribution in [0.4, 0.5) is 5.69 Å². The van der Waals surface area contributed by atoms with Gasteiger partial charge in [0, 0.05) is 23.9 Å². The third-order valence-electron chi connectivity index (χ3n) is 5.83. The van der Waals surface area contributed by atoms with Crippen LogP contribution >= 0.6 is 0 Å². The largest absolute Gasteiger partial charge is 0.475 e. The van der Waals surface area contributed by atoms with Crippen LogP contribution < -0.4 is 14.8 Å². The van der Waals surface area contributed by atoms with Gasteiger partial charge in [0.1, 0.15) is 17.7 Å². The van der Waals surface area contributed by atoms with Crippen molar-refractivity contribution in [1.29, 1.82) is 0 Å². The highest BCUT2D eigenvalue weighted by Gasteiger charge is 2.18. The van der Waals surface area contributed by atoms with E-state index in [9.17, 15) is 4.79 Å². The van der Waals surface area contributed by atoms with Crippen molar-refractivity contribution in [2.75, 3.05) is 19.4 Å². The Hall–Kier alpha value is -3.57. The second-order valence-corrected chi connectivity index (χ2v) is 8.46. The van der Waals surface area contributed by atoms with Gasteiger partial charge in [-0.25, -0.2) is 0 Å². The van der Waals surface area contributed by atoms with E-state index in [0.717, 1.165) is 41.0 Å². The van der Waals surface area contributed by atoms with E-state index in [1.54, 1.807) is 0 Å². The highest BCUT2D eigenvalue weighted by molar-refractivity contribution is 5.85. The van der Waals surface area contributed by atoms with Crippen molar-refractivity contribution in [3.63, 3.8) is 0 Å². The van der Waals surface area contributed by atoms with Gasteiger partial charge in [0.15, 0.2) is 0 Å². The molecule has 5 nitrogen and oxygen atoms in total. The Balaban J connectivity index is 1.72. The average molecular weight is 443 g/mol. The van der Waals surface area contributed by atoms with E-state index in [4.69, 9.17) is 9.47 Å². The molecule has 1 heterocycles. The van der Waals surface area contributed by atoms with E-state index in [0.29, 0.717) is 5.75 Å². The maximum Gasteiger partial charge on any atom is 0.308 e. The van der Waals surface area contributed by atoms with Crippen molar-refractivity contribution < 1.29 is 14.3 Å². The molecule has 1 N–H and O–H groups in total. The van der Waals surface area contributed by atoms with Gasteiger partial charge in [-0.05, 0) is 80.9 Å². The third-order valence-corrected chi connectivity index (χ3v) is 5.83. The maximum atomic E-state index is 11.3. The van der Waals surface area contributed by atoms with Crippen molar-refractivity contribution in [1.82, 2.24) is 4.90 Å². The Morgan fingerprint density at radius 3 is 2.09 bits per heavy atom. The van der Waals surface area contributed by atoms with Crippen LogP contribution in [0.25, 0.3) is 5.57 Å². The first-order valence-corrected chi connectivity index (χ1v) is 11.2. The van der Waals surface area contributed by atoms with Crippen LogP contribution in [0.1, 0.15) is 37.0 Å². The van der Waals surface area contributed by atoms with Gasteiger partial charge in [-0.15, -0.1) is 0 Å². The lowest BCUT2D eigenvalue weighted by molar-refractivity contribution is -0.131. The second-order valence-electron chi connectivity index (χ2n) is 8.46. The number of allylic oxidation sites excluding steroid dienone is 1. The van der Waals surface area contributed by atoms with Crippen molar-refractivity contribution in [3.8, 4) is 11.5 Å². The van der Waals surface area contributed by atoms with Crippen LogP contribution in [0, 0.1) is 0 Å². The number of nitrogens with one attached hydrogen (secondary N) is 1. The first-order valence-electron chi connectivity index (χ1n) is 11.2. The molecule has 33 heavy (non-hydrogen) atoms. The minimum absolute atomic E-state index is 0.0148. The molecule has 0 amide bonds. The van der Waals surface area contributed by atoms with Crippen LogP contribution in [0.2, 0.25) is 0 Å². The number of fused-ring (bicyclic) bond motifs is 1. The van der Waals surface area contributed by atoms with E-state index in [-0.39, 0.29) is 12.2 Å². The van der Waals surface area contributed by atoms with Crippen molar-refractivity contribution >= 4 is 17.2 Å². The van der Waals surface area contributed by atoms with E-state index < -0.39 is 0 Å². The number of esters is 1. The normalized spacial score (nSPS) is 15.3. The topological polar surface area (TPSA) is 50.8 Å². The Morgan fingerprint density at radius 1 is 0.879 bits per heavy atom. The Bertz CT molecular complexity index is 1150. The summed E-state index contributed by atoms with van der Waals surface area (Å²) >= 11 is 0. The lowest BCUT2D eigenvalue weighted by atomic mass is 9.91. The second kappa shape index (κ2) is 9.92. The fourth-order valence-corrected chi connectivity index (χ4v) is 3.91. The monoisotopic (exact) mass is 442 g/mol. The number of hydrogen-bond acceptors (Lipinski definition) is 5. The molecule has 0 saturated heterocycles. The molecule has 4 rings (SSSR count). The number of aryl methyl sites for hydroxylation is 1. The van der Waals surface area contributed by atoms with E-state index in [1.165, 1.54) is 18.2 Å². The van der Waals surface area contributed by atoms with Gasteiger partial charge in [-0.2, -0.15) is 0 Å². The minimum atomic E-state index is -0.325. The quantitative estimate of drug-likeness (QED) is 0.301. The smallest absolute Gasteiger partial charge is 0.308 e. The van der Waals surface area contributed by atoms with E-state index in [1.807, 2.05) is 62.3 Å². The summed E-state index contributed by atoms with van der Waals surface area (Å²) in [5.74, 6) is 1.05. The number of ether oxygens (including phenoxy) is 2. The predicted octanol–water partition coefficient (Wildman–Crippen LogP) is 5.72. The number of nitrogens with zero attached hydrogens (tertiary/aromatic N) is 1. The van der Waals surface area contributed by atoms with Gasteiger partial charge in [0.2, 0.25) is 0 Å². The molecule has 0 aromatic heterocycles. The van der Waals surface area contributed by atoms with Crippen LogP contribution in [0.3, 0.4) is 0 Å². The van der Waals surface area contributed by atoms with Crippen LogP contribution in [0.15, 0.2) is 78.5 Å². The first kappa shape index (κ1) is 22.6. The summed E-state index contributed by atoms with van der Waals surface area (Å²) in [6.07, 6.45) is 1.88. The Kier molecular flexibility index (Phi) is 6.80. The van der Waals surface area contributed by atoms with Gasteiger partial charge >= 0.3 is 5.97 Å². The lowest BCUT2D eigenvalue weighted by Gasteiger charge is -2.25. The molecule has 0 spiro atoms. The summed E-state index contributed by atoms with van der Waals surface area (Å²) in [6.45, 7) is 3.43. The molecular formula is C28H30N2O3. The fraction of sp³-hybridized carbons (Fsp3) is 0.250. The summed E-state index contributed by atoms with van der Waals surface area (Å²) in [5, 5.41) is 3.66. The molecule has 170 valence electrons. The molecule has 1 atom stereocenters. The number of carbonyl (C=O) groups excluding carboxylic acids is 1. The number of carbonyl (C=O) groups is 1. The van der Waals surface area contributed by atoms with Gasteiger partial charge in [0.05, 0.1) is 0 Å². The standard InChI is InChI=1S/C28H30N2O3/c1-19(30(3)4)32-24-14-9-22(10-15-24)28(23-11-16-25(17-12-23)33-20(2)31)27-18-13-21-7-5-6-8-26(21)29-27/h5-12,14-17,19,29H,13,18H2,1-4H3. The molecule has 3 aromatic rings. The summed E-state index contributed by atoms with van der Waals surface area (Å²) in [4.78, 5) is 13.3. The van der Waals surface area contributed by atoms with Gasteiger partial charge < -0.3 is 14.8 Å². The van der Waals surface area contributed by atoms with E-state index >= 15 is 0 Å². The number of hydrogen-bond donors (Lipinski definition) is 1. The summed E-state index contributed by atoms with van der Waals surface area (Å²) in [5.41, 5.74) is 6.93. The lowest BCUT2D eigenvalue weighted by Crippen LogP contribution is -2.30. The number of para-hydroxylation sites is 1. The van der Waals surface area contributed by atoms with Crippen LogP contribution in [-0.4, -0.2) is 31.2 Å². The van der Waals surface area contributed by atoms with Crippen LogP contribution in [-0.2, 0) is 11.2 Å². The van der Waals surface area contributed by atoms with Gasteiger partial charge in [-0.1, -0.05) is 42.5 Å². The van der Waals surface area contributed by atoms with Gasteiger partial charge in [-0.3, -0.25) is 9.69 Å². The third kappa shape index (κ3) is 5.44. The predicted molar refractivity (Wildman–Crippen MR) is 132 cm³/mol. The SMILES string of the molecule is CC(=O)Oc1ccc(C(=C2CCc3ccccc3N2)c2ccc(OC(C)N(C)C)cc2)cc1. The molecule has 1 aliphatic heterocycles. The van der Waals surface area contributed by atoms with Crippen molar-refractivity contribution in [2.45, 2.75) is 32.9 Å². The maximum absolute atomic E-state index is 11.3. The molecule has 0 saturated carbocycles. The zero-order valence-corrected chi connectivity index (χ0v) is 19.6.